The lowest BCUT2D eigenvalue weighted by Crippen LogP contribution is -2.33. The van der Waals surface area contributed by atoms with Crippen LogP contribution in [0.3, 0.4) is 0 Å². The highest BCUT2D eigenvalue weighted by Crippen LogP contribution is 2.27. The van der Waals surface area contributed by atoms with Gasteiger partial charge in [0.05, 0.1) is 16.8 Å². The number of fused-ring (bicyclic) bond motifs is 1. The highest BCUT2D eigenvalue weighted by molar-refractivity contribution is 8.00. The van der Waals surface area contributed by atoms with E-state index in [1.165, 1.54) is 11.8 Å². The lowest BCUT2D eigenvalue weighted by molar-refractivity contribution is -0.120. The number of aromatic nitrogens is 2. The van der Waals surface area contributed by atoms with Gasteiger partial charge >= 0.3 is 0 Å². The molecule has 0 fully saturated rings. The summed E-state index contributed by atoms with van der Waals surface area (Å²) in [7, 11) is 0. The molecular weight excluding hydrogens is 356 g/mol. The molecular formula is C21H24N4OS. The third-order valence-electron chi connectivity index (χ3n) is 4.24. The van der Waals surface area contributed by atoms with E-state index in [1.807, 2.05) is 75.4 Å². The summed E-state index contributed by atoms with van der Waals surface area (Å²) < 4.78 is 0. The van der Waals surface area contributed by atoms with Gasteiger partial charge in [-0.2, -0.15) is 0 Å². The number of hydrogen-bond donors (Lipinski definition) is 2. The van der Waals surface area contributed by atoms with Crippen LogP contribution >= 0.6 is 11.8 Å². The van der Waals surface area contributed by atoms with Crippen molar-refractivity contribution in [2.24, 2.45) is 0 Å². The summed E-state index contributed by atoms with van der Waals surface area (Å²) in [5.41, 5.74) is 1.95. The number of para-hydroxylation sites is 1. The number of hydrogen-bond acceptors (Lipinski definition) is 5. The molecule has 5 nitrogen and oxygen atoms in total. The van der Waals surface area contributed by atoms with E-state index in [1.54, 1.807) is 0 Å². The van der Waals surface area contributed by atoms with Gasteiger partial charge in [0.25, 0.3) is 0 Å². The van der Waals surface area contributed by atoms with Crippen LogP contribution in [0.15, 0.2) is 59.8 Å². The average Bonchev–Trinajstić information content (AvgIpc) is 2.68. The summed E-state index contributed by atoms with van der Waals surface area (Å²) in [6, 6.07) is 17.8. The van der Waals surface area contributed by atoms with Gasteiger partial charge in [-0.1, -0.05) is 54.2 Å². The molecule has 2 aromatic carbocycles. The molecule has 0 bridgehead atoms. The third kappa shape index (κ3) is 4.77. The summed E-state index contributed by atoms with van der Waals surface area (Å²) >= 11 is 1.37. The number of benzene rings is 2. The van der Waals surface area contributed by atoms with Gasteiger partial charge in [0.1, 0.15) is 5.82 Å². The zero-order chi connectivity index (χ0) is 19.2. The molecule has 0 spiro atoms. The molecule has 0 aliphatic carbocycles. The Labute approximate surface area is 164 Å². The molecule has 3 aromatic rings. The van der Waals surface area contributed by atoms with Gasteiger partial charge in [0, 0.05) is 11.9 Å². The van der Waals surface area contributed by atoms with E-state index in [0.29, 0.717) is 5.16 Å². The molecule has 140 valence electrons. The Balaban J connectivity index is 1.73. The number of anilines is 1. The number of carbonyl (C=O) groups is 1. The van der Waals surface area contributed by atoms with Crippen molar-refractivity contribution in [3.63, 3.8) is 0 Å². The van der Waals surface area contributed by atoms with E-state index in [2.05, 4.69) is 20.6 Å². The standard InChI is InChI=1S/C21H24N4OS/c1-4-22-19-17-12-8-9-13-18(17)24-21(25-19)27-15(3)20(26)23-14(2)16-10-6-5-7-11-16/h5-15H,4H2,1-3H3,(H,23,26)(H,22,24,25)/t14-,15+/m0/s1. The molecule has 1 amide bonds. The average molecular weight is 381 g/mol. The minimum atomic E-state index is -0.299. The first-order chi connectivity index (χ1) is 13.1. The van der Waals surface area contributed by atoms with Gasteiger partial charge in [-0.3, -0.25) is 4.79 Å². The second kappa shape index (κ2) is 8.86. The Hall–Kier alpha value is -2.60. The van der Waals surface area contributed by atoms with Crippen LogP contribution in [-0.4, -0.2) is 27.7 Å². The summed E-state index contributed by atoms with van der Waals surface area (Å²) in [6.45, 7) is 6.67. The lowest BCUT2D eigenvalue weighted by Gasteiger charge is -2.17. The number of thioether (sulfide) groups is 1. The Bertz CT molecular complexity index is 916. The Kier molecular flexibility index (Phi) is 6.29. The first-order valence-electron chi connectivity index (χ1n) is 9.11. The summed E-state index contributed by atoms with van der Waals surface area (Å²) in [6.07, 6.45) is 0. The van der Waals surface area contributed by atoms with Crippen molar-refractivity contribution < 1.29 is 4.79 Å². The van der Waals surface area contributed by atoms with Crippen LogP contribution in [0.25, 0.3) is 10.9 Å². The van der Waals surface area contributed by atoms with E-state index in [4.69, 9.17) is 0 Å². The smallest absolute Gasteiger partial charge is 0.233 e. The van der Waals surface area contributed by atoms with Crippen molar-refractivity contribution in [3.8, 4) is 0 Å². The summed E-state index contributed by atoms with van der Waals surface area (Å²) in [5.74, 6) is 0.772. The Morgan fingerprint density at radius 1 is 1.04 bits per heavy atom. The lowest BCUT2D eigenvalue weighted by atomic mass is 10.1. The van der Waals surface area contributed by atoms with Gasteiger partial charge in [-0.05, 0) is 38.5 Å². The maximum Gasteiger partial charge on any atom is 0.233 e. The fourth-order valence-corrected chi connectivity index (χ4v) is 3.56. The Morgan fingerprint density at radius 2 is 1.74 bits per heavy atom. The molecule has 0 radical (unpaired) electrons. The summed E-state index contributed by atoms with van der Waals surface area (Å²) in [5, 5.41) is 7.63. The number of amides is 1. The Morgan fingerprint density at radius 3 is 2.48 bits per heavy atom. The zero-order valence-corrected chi connectivity index (χ0v) is 16.6. The molecule has 0 aliphatic rings. The quantitative estimate of drug-likeness (QED) is 0.469. The molecule has 27 heavy (non-hydrogen) atoms. The van der Waals surface area contributed by atoms with Gasteiger partial charge in [-0.25, -0.2) is 9.97 Å². The van der Waals surface area contributed by atoms with Crippen LogP contribution in [0.4, 0.5) is 5.82 Å². The number of nitrogens with one attached hydrogen (secondary N) is 2. The molecule has 6 heteroatoms. The highest BCUT2D eigenvalue weighted by atomic mass is 32.2. The van der Waals surface area contributed by atoms with Crippen molar-refractivity contribution in [1.82, 2.24) is 15.3 Å². The molecule has 1 aromatic heterocycles. The predicted molar refractivity (Wildman–Crippen MR) is 112 cm³/mol. The third-order valence-corrected chi connectivity index (χ3v) is 5.20. The van der Waals surface area contributed by atoms with E-state index in [-0.39, 0.29) is 17.2 Å². The largest absolute Gasteiger partial charge is 0.370 e. The van der Waals surface area contributed by atoms with Crippen LogP contribution in [0.1, 0.15) is 32.4 Å². The minimum Gasteiger partial charge on any atom is -0.370 e. The first-order valence-corrected chi connectivity index (χ1v) is 9.99. The van der Waals surface area contributed by atoms with Crippen molar-refractivity contribution in [2.45, 2.75) is 37.2 Å². The SMILES string of the molecule is CCNc1nc(S[C@H](C)C(=O)N[C@@H](C)c2ccccc2)nc2ccccc12. The summed E-state index contributed by atoms with van der Waals surface area (Å²) in [4.78, 5) is 21.8. The molecule has 0 aliphatic heterocycles. The molecule has 2 atom stereocenters. The fraction of sp³-hybridized carbons (Fsp3) is 0.286. The number of nitrogens with zero attached hydrogens (tertiary/aromatic N) is 2. The highest BCUT2D eigenvalue weighted by Gasteiger charge is 2.19. The van der Waals surface area contributed by atoms with Crippen LogP contribution in [-0.2, 0) is 4.79 Å². The molecule has 1 heterocycles. The molecule has 3 rings (SSSR count). The molecule has 0 saturated carbocycles. The van der Waals surface area contributed by atoms with Gasteiger partial charge in [0.15, 0.2) is 5.16 Å². The van der Waals surface area contributed by atoms with Gasteiger partial charge in [0.2, 0.25) is 5.91 Å². The minimum absolute atomic E-state index is 0.0295. The van der Waals surface area contributed by atoms with E-state index in [9.17, 15) is 4.79 Å². The van der Waals surface area contributed by atoms with Crippen molar-refractivity contribution in [2.75, 3.05) is 11.9 Å². The second-order valence-electron chi connectivity index (χ2n) is 6.30. The predicted octanol–water partition coefficient (Wildman–Crippen LogP) is 4.42. The van der Waals surface area contributed by atoms with Crippen molar-refractivity contribution in [3.05, 3.63) is 60.2 Å². The fourth-order valence-electron chi connectivity index (χ4n) is 2.78. The normalized spacial score (nSPS) is 13.1. The second-order valence-corrected chi connectivity index (χ2v) is 7.61. The van der Waals surface area contributed by atoms with E-state index in [0.717, 1.165) is 28.8 Å². The first kappa shape index (κ1) is 19.2. The molecule has 0 saturated heterocycles. The van der Waals surface area contributed by atoms with E-state index < -0.39 is 0 Å². The molecule has 2 N–H and O–H groups in total. The van der Waals surface area contributed by atoms with Crippen LogP contribution < -0.4 is 10.6 Å². The molecule has 0 unspecified atom stereocenters. The van der Waals surface area contributed by atoms with Crippen LogP contribution in [0.2, 0.25) is 0 Å². The van der Waals surface area contributed by atoms with Gasteiger partial charge in [-0.15, -0.1) is 0 Å². The number of rotatable bonds is 7. The monoisotopic (exact) mass is 380 g/mol. The van der Waals surface area contributed by atoms with Crippen molar-refractivity contribution in [1.29, 1.82) is 0 Å². The maximum atomic E-state index is 12.6. The van der Waals surface area contributed by atoms with Crippen molar-refractivity contribution >= 4 is 34.4 Å². The van der Waals surface area contributed by atoms with Crippen LogP contribution in [0.5, 0.6) is 0 Å². The van der Waals surface area contributed by atoms with Crippen LogP contribution in [0, 0.1) is 0 Å². The number of carbonyl (C=O) groups excluding carboxylic acids is 1. The topological polar surface area (TPSA) is 66.9 Å². The van der Waals surface area contributed by atoms with Gasteiger partial charge < -0.3 is 10.6 Å². The van der Waals surface area contributed by atoms with E-state index >= 15 is 0 Å². The maximum absolute atomic E-state index is 12.6. The zero-order valence-electron chi connectivity index (χ0n) is 15.8.